The molecule has 0 unspecified atom stereocenters. The van der Waals surface area contributed by atoms with Crippen LogP contribution in [0.1, 0.15) is 24.1 Å². The molecule has 0 bridgehead atoms. The Labute approximate surface area is 115 Å². The van der Waals surface area contributed by atoms with Crippen LogP contribution in [0.3, 0.4) is 0 Å². The molecule has 1 heterocycles. The number of benzene rings is 1. The van der Waals surface area contributed by atoms with E-state index >= 15 is 0 Å². The minimum absolute atomic E-state index is 0.697. The fourth-order valence-corrected chi connectivity index (χ4v) is 2.21. The maximum Gasteiger partial charge on any atom is 0.0969 e. The summed E-state index contributed by atoms with van der Waals surface area (Å²) in [6, 6.07) is 6.86. The van der Waals surface area contributed by atoms with Gasteiger partial charge in [-0.25, -0.2) is 4.68 Å². The van der Waals surface area contributed by atoms with E-state index in [-0.39, 0.29) is 0 Å². The first-order chi connectivity index (χ1) is 8.72. The summed E-state index contributed by atoms with van der Waals surface area (Å²) >= 11 is 3.48. The smallest absolute Gasteiger partial charge is 0.0969 e. The molecule has 2 aromatic rings. The zero-order valence-electron chi connectivity index (χ0n) is 10.2. The van der Waals surface area contributed by atoms with Gasteiger partial charge >= 0.3 is 0 Å². The second kappa shape index (κ2) is 4.82. The lowest BCUT2D eigenvalue weighted by Crippen LogP contribution is -2.15. The third kappa shape index (κ3) is 2.62. The predicted molar refractivity (Wildman–Crippen MR) is 73.7 cm³/mol. The van der Waals surface area contributed by atoms with Gasteiger partial charge in [-0.3, -0.25) is 0 Å². The van der Waals surface area contributed by atoms with Crippen LogP contribution < -0.4 is 5.32 Å². The molecule has 1 aromatic heterocycles. The Balaban J connectivity index is 1.80. The Hall–Kier alpha value is -1.20. The van der Waals surface area contributed by atoms with E-state index in [0.29, 0.717) is 6.04 Å². The second-order valence-electron chi connectivity index (χ2n) is 4.74. The molecule has 0 radical (unpaired) electrons. The van der Waals surface area contributed by atoms with Gasteiger partial charge in [0.1, 0.15) is 0 Å². The van der Waals surface area contributed by atoms with Crippen molar-refractivity contribution >= 4 is 15.9 Å². The molecule has 3 rings (SSSR count). The molecule has 1 N–H and O–H groups in total. The van der Waals surface area contributed by atoms with Crippen molar-refractivity contribution in [3.8, 4) is 5.69 Å². The Morgan fingerprint density at radius 3 is 3.06 bits per heavy atom. The van der Waals surface area contributed by atoms with Crippen molar-refractivity contribution in [3.63, 3.8) is 0 Å². The van der Waals surface area contributed by atoms with Gasteiger partial charge in [0.25, 0.3) is 0 Å². The van der Waals surface area contributed by atoms with Crippen molar-refractivity contribution in [2.75, 3.05) is 0 Å². The van der Waals surface area contributed by atoms with E-state index in [1.165, 1.54) is 18.4 Å². The summed E-state index contributed by atoms with van der Waals surface area (Å²) in [5.41, 5.74) is 3.24. The van der Waals surface area contributed by atoms with Crippen LogP contribution in [0.15, 0.2) is 28.9 Å². The second-order valence-corrected chi connectivity index (χ2v) is 5.66. The van der Waals surface area contributed by atoms with Crippen LogP contribution in [0.2, 0.25) is 0 Å². The maximum atomic E-state index is 4.20. The van der Waals surface area contributed by atoms with Gasteiger partial charge in [0.2, 0.25) is 0 Å². The molecule has 5 heteroatoms. The quantitative estimate of drug-likeness (QED) is 0.944. The van der Waals surface area contributed by atoms with Crippen LogP contribution >= 0.6 is 15.9 Å². The highest BCUT2D eigenvalue weighted by Crippen LogP contribution is 2.20. The van der Waals surface area contributed by atoms with Crippen molar-refractivity contribution in [2.45, 2.75) is 32.4 Å². The third-order valence-electron chi connectivity index (χ3n) is 3.11. The molecule has 18 heavy (non-hydrogen) atoms. The number of aromatic nitrogens is 3. The van der Waals surface area contributed by atoms with Gasteiger partial charge in [-0.2, -0.15) is 0 Å². The molecule has 0 spiro atoms. The van der Waals surface area contributed by atoms with Gasteiger partial charge in [-0.15, -0.1) is 5.10 Å². The molecular weight excluding hydrogens is 292 g/mol. The zero-order valence-corrected chi connectivity index (χ0v) is 11.8. The van der Waals surface area contributed by atoms with Crippen molar-refractivity contribution in [1.29, 1.82) is 0 Å². The molecule has 0 atom stereocenters. The zero-order chi connectivity index (χ0) is 12.5. The standard InChI is InChI=1S/C13H15BrN4/c1-9-2-3-10(14)6-13(9)18-8-12(16-17-18)7-15-11-4-5-11/h2-3,6,8,11,15H,4-5,7H2,1H3. The van der Waals surface area contributed by atoms with Crippen LogP contribution in [0.5, 0.6) is 0 Å². The summed E-state index contributed by atoms with van der Waals surface area (Å²) in [4.78, 5) is 0. The van der Waals surface area contributed by atoms with Crippen molar-refractivity contribution in [2.24, 2.45) is 0 Å². The van der Waals surface area contributed by atoms with Crippen molar-refractivity contribution < 1.29 is 0 Å². The van der Waals surface area contributed by atoms with E-state index in [2.05, 4.69) is 50.6 Å². The number of hydrogen-bond donors (Lipinski definition) is 1. The fourth-order valence-electron chi connectivity index (χ4n) is 1.86. The normalized spacial score (nSPS) is 15.0. The largest absolute Gasteiger partial charge is 0.308 e. The molecule has 1 aliphatic rings. The molecule has 94 valence electrons. The first kappa shape index (κ1) is 11.9. The van der Waals surface area contributed by atoms with Crippen molar-refractivity contribution in [3.05, 3.63) is 40.1 Å². The van der Waals surface area contributed by atoms with E-state index < -0.39 is 0 Å². The minimum atomic E-state index is 0.697. The highest BCUT2D eigenvalue weighted by Gasteiger charge is 2.20. The first-order valence-electron chi connectivity index (χ1n) is 6.13. The highest BCUT2D eigenvalue weighted by molar-refractivity contribution is 9.10. The number of nitrogens with one attached hydrogen (secondary N) is 1. The van der Waals surface area contributed by atoms with E-state index in [1.807, 2.05) is 16.9 Å². The Morgan fingerprint density at radius 1 is 1.44 bits per heavy atom. The Morgan fingerprint density at radius 2 is 2.28 bits per heavy atom. The lowest BCUT2D eigenvalue weighted by atomic mass is 10.2. The summed E-state index contributed by atoms with van der Waals surface area (Å²) in [5.74, 6) is 0. The van der Waals surface area contributed by atoms with Crippen LogP contribution in [0, 0.1) is 6.92 Å². The molecular formula is C13H15BrN4. The van der Waals surface area contributed by atoms with E-state index in [1.54, 1.807) is 0 Å². The molecule has 1 saturated carbocycles. The average Bonchev–Trinajstić information content (AvgIpc) is 3.08. The van der Waals surface area contributed by atoms with Crippen LogP contribution in [0.25, 0.3) is 5.69 Å². The van der Waals surface area contributed by atoms with Crippen LogP contribution in [0.4, 0.5) is 0 Å². The van der Waals surface area contributed by atoms with E-state index in [4.69, 9.17) is 0 Å². The molecule has 0 aliphatic heterocycles. The first-order valence-corrected chi connectivity index (χ1v) is 6.93. The number of hydrogen-bond acceptors (Lipinski definition) is 3. The van der Waals surface area contributed by atoms with Crippen molar-refractivity contribution in [1.82, 2.24) is 20.3 Å². The number of rotatable bonds is 4. The van der Waals surface area contributed by atoms with Gasteiger partial charge in [0, 0.05) is 17.1 Å². The van der Waals surface area contributed by atoms with Gasteiger partial charge in [-0.05, 0) is 37.5 Å². The number of aryl methyl sites for hydroxylation is 1. The summed E-state index contributed by atoms with van der Waals surface area (Å²) in [5, 5.41) is 11.8. The predicted octanol–water partition coefficient (Wildman–Crippen LogP) is 2.59. The number of nitrogens with zero attached hydrogens (tertiary/aromatic N) is 3. The van der Waals surface area contributed by atoms with Gasteiger partial charge < -0.3 is 5.32 Å². The number of halogens is 1. The van der Waals surface area contributed by atoms with E-state index in [0.717, 1.165) is 22.4 Å². The summed E-state index contributed by atoms with van der Waals surface area (Å²) in [6.07, 6.45) is 4.57. The highest BCUT2D eigenvalue weighted by atomic mass is 79.9. The van der Waals surface area contributed by atoms with Gasteiger partial charge in [0.05, 0.1) is 17.6 Å². The van der Waals surface area contributed by atoms with Gasteiger partial charge in [-0.1, -0.05) is 27.2 Å². The summed E-state index contributed by atoms with van der Waals surface area (Å²) in [7, 11) is 0. The lowest BCUT2D eigenvalue weighted by molar-refractivity contribution is 0.671. The van der Waals surface area contributed by atoms with Crippen LogP contribution in [-0.2, 0) is 6.54 Å². The van der Waals surface area contributed by atoms with Gasteiger partial charge in [0.15, 0.2) is 0 Å². The summed E-state index contributed by atoms with van der Waals surface area (Å²) < 4.78 is 2.89. The topological polar surface area (TPSA) is 42.7 Å². The SMILES string of the molecule is Cc1ccc(Br)cc1-n1cc(CNC2CC2)nn1. The fraction of sp³-hybridized carbons (Fsp3) is 0.385. The van der Waals surface area contributed by atoms with Crippen LogP contribution in [-0.4, -0.2) is 21.0 Å². The molecule has 1 fully saturated rings. The molecule has 1 aliphatic carbocycles. The Kier molecular flexibility index (Phi) is 3.18. The lowest BCUT2D eigenvalue weighted by Gasteiger charge is -2.04. The molecule has 4 nitrogen and oxygen atoms in total. The minimum Gasteiger partial charge on any atom is -0.308 e. The molecule has 1 aromatic carbocycles. The van der Waals surface area contributed by atoms with E-state index in [9.17, 15) is 0 Å². The third-order valence-corrected chi connectivity index (χ3v) is 3.60. The Bertz CT molecular complexity index is 560. The summed E-state index contributed by atoms with van der Waals surface area (Å²) in [6.45, 7) is 2.88. The monoisotopic (exact) mass is 306 g/mol. The molecule has 0 amide bonds. The molecule has 0 saturated heterocycles. The average molecular weight is 307 g/mol. The maximum absolute atomic E-state index is 4.20.